The zero-order valence-electron chi connectivity index (χ0n) is 14.3. The third kappa shape index (κ3) is 3.45. The van der Waals surface area contributed by atoms with Crippen LogP contribution < -0.4 is 10.9 Å². The smallest absolute Gasteiger partial charge is 0.269 e. The second-order valence-corrected chi connectivity index (χ2v) is 6.38. The number of hydrazine groups is 1. The van der Waals surface area contributed by atoms with Crippen molar-refractivity contribution in [2.24, 2.45) is 0 Å². The normalized spacial score (nSPS) is 10.7. The molecule has 27 heavy (non-hydrogen) atoms. The molecule has 1 amide bonds. The van der Waals surface area contributed by atoms with E-state index in [0.29, 0.717) is 27.4 Å². The van der Waals surface area contributed by atoms with E-state index in [1.54, 1.807) is 29.1 Å². The number of amides is 1. The summed E-state index contributed by atoms with van der Waals surface area (Å²) in [5.74, 6) is 0.196. The van der Waals surface area contributed by atoms with Gasteiger partial charge < -0.3 is 0 Å². The van der Waals surface area contributed by atoms with Gasteiger partial charge in [-0.15, -0.1) is 0 Å². The average Bonchev–Trinajstić information content (AvgIpc) is 3.11. The minimum absolute atomic E-state index is 0.257. The van der Waals surface area contributed by atoms with Gasteiger partial charge in [-0.3, -0.25) is 15.6 Å². The maximum Gasteiger partial charge on any atom is 0.269 e. The van der Waals surface area contributed by atoms with E-state index in [0.717, 1.165) is 11.3 Å². The van der Waals surface area contributed by atoms with Crippen LogP contribution in [0.1, 0.15) is 15.9 Å². The number of aryl methyl sites for hydroxylation is 1. The van der Waals surface area contributed by atoms with Crippen LogP contribution in [0.3, 0.4) is 0 Å². The van der Waals surface area contributed by atoms with Crippen LogP contribution in [0.2, 0.25) is 5.02 Å². The van der Waals surface area contributed by atoms with E-state index in [-0.39, 0.29) is 5.91 Å². The molecule has 2 heterocycles. The van der Waals surface area contributed by atoms with E-state index in [2.05, 4.69) is 25.9 Å². The molecule has 0 saturated heterocycles. The molecule has 0 spiro atoms. The summed E-state index contributed by atoms with van der Waals surface area (Å²) in [4.78, 5) is 20.8. The fourth-order valence-corrected chi connectivity index (χ4v) is 2.90. The Morgan fingerprint density at radius 3 is 2.78 bits per heavy atom. The predicted octanol–water partition coefficient (Wildman–Crippen LogP) is 3.53. The van der Waals surface area contributed by atoms with Gasteiger partial charge in [-0.05, 0) is 37.3 Å². The standard InChI is InChI=1S/C19H15ClN6O/c1-12-4-2-5-13(8-12)19(27)25-24-17-16-10-23-26(18(16)22-11-21-17)15-7-3-6-14(20)9-15/h2-11H,1H3,(H,25,27)(H,21,22,24). The number of halogens is 1. The molecule has 0 fully saturated rings. The number of rotatable bonds is 4. The highest BCUT2D eigenvalue weighted by molar-refractivity contribution is 6.30. The molecular weight excluding hydrogens is 364 g/mol. The molecule has 0 atom stereocenters. The largest absolute Gasteiger partial charge is 0.281 e. The molecule has 134 valence electrons. The van der Waals surface area contributed by atoms with Crippen LogP contribution >= 0.6 is 11.6 Å². The Kier molecular flexibility index (Phi) is 4.43. The van der Waals surface area contributed by atoms with Gasteiger partial charge in [0, 0.05) is 10.6 Å². The zero-order chi connectivity index (χ0) is 18.8. The van der Waals surface area contributed by atoms with Crippen LogP contribution in [-0.4, -0.2) is 25.7 Å². The number of fused-ring (bicyclic) bond motifs is 1. The molecule has 2 N–H and O–H groups in total. The summed E-state index contributed by atoms with van der Waals surface area (Å²) in [5.41, 5.74) is 8.45. The fraction of sp³-hybridized carbons (Fsp3) is 0.0526. The summed E-state index contributed by atoms with van der Waals surface area (Å²) >= 11 is 6.06. The van der Waals surface area contributed by atoms with E-state index >= 15 is 0 Å². The van der Waals surface area contributed by atoms with Crippen LogP contribution in [0.25, 0.3) is 16.7 Å². The van der Waals surface area contributed by atoms with E-state index in [1.165, 1.54) is 6.33 Å². The Balaban J connectivity index is 1.61. The minimum atomic E-state index is -0.257. The summed E-state index contributed by atoms with van der Waals surface area (Å²) in [5, 5.41) is 5.64. The molecule has 0 aliphatic heterocycles. The van der Waals surface area contributed by atoms with E-state index < -0.39 is 0 Å². The van der Waals surface area contributed by atoms with Crippen LogP contribution in [0.5, 0.6) is 0 Å². The summed E-state index contributed by atoms with van der Waals surface area (Å²) in [6, 6.07) is 14.6. The van der Waals surface area contributed by atoms with E-state index in [1.807, 2.05) is 37.3 Å². The van der Waals surface area contributed by atoms with Gasteiger partial charge in [0.2, 0.25) is 0 Å². The number of nitrogens with one attached hydrogen (secondary N) is 2. The molecule has 7 nitrogen and oxygen atoms in total. The predicted molar refractivity (Wildman–Crippen MR) is 104 cm³/mol. The number of nitrogens with zero attached hydrogens (tertiary/aromatic N) is 4. The van der Waals surface area contributed by atoms with Crippen molar-refractivity contribution in [2.45, 2.75) is 6.92 Å². The number of anilines is 1. The minimum Gasteiger partial charge on any atom is -0.281 e. The summed E-state index contributed by atoms with van der Waals surface area (Å²) in [6.45, 7) is 1.93. The monoisotopic (exact) mass is 378 g/mol. The number of carbonyl (C=O) groups is 1. The van der Waals surface area contributed by atoms with Crippen LogP contribution in [0.15, 0.2) is 61.1 Å². The van der Waals surface area contributed by atoms with Crippen LogP contribution in [-0.2, 0) is 0 Å². The highest BCUT2D eigenvalue weighted by Crippen LogP contribution is 2.22. The summed E-state index contributed by atoms with van der Waals surface area (Å²) < 4.78 is 1.66. The Morgan fingerprint density at radius 2 is 1.96 bits per heavy atom. The lowest BCUT2D eigenvalue weighted by atomic mass is 10.1. The maximum absolute atomic E-state index is 12.3. The molecule has 0 bridgehead atoms. The van der Waals surface area contributed by atoms with Gasteiger partial charge in [-0.1, -0.05) is 35.4 Å². The van der Waals surface area contributed by atoms with Gasteiger partial charge in [0.1, 0.15) is 6.33 Å². The first kappa shape index (κ1) is 17.0. The van der Waals surface area contributed by atoms with Crippen molar-refractivity contribution in [2.75, 3.05) is 5.43 Å². The molecule has 4 aromatic rings. The molecule has 0 aliphatic rings. The molecule has 2 aromatic heterocycles. The second kappa shape index (κ2) is 7.05. The molecule has 0 unspecified atom stereocenters. The quantitative estimate of drug-likeness (QED) is 0.530. The lowest BCUT2D eigenvalue weighted by Gasteiger charge is -2.09. The number of carbonyl (C=O) groups excluding carboxylic acids is 1. The Labute approximate surface area is 160 Å². The SMILES string of the molecule is Cc1cccc(C(=O)NNc2ncnc3c2cnn3-c2cccc(Cl)c2)c1. The Morgan fingerprint density at radius 1 is 1.11 bits per heavy atom. The van der Waals surface area contributed by atoms with Crippen LogP contribution in [0.4, 0.5) is 5.82 Å². The van der Waals surface area contributed by atoms with Crippen molar-refractivity contribution >= 4 is 34.4 Å². The first-order chi connectivity index (χ1) is 13.1. The van der Waals surface area contributed by atoms with Crippen molar-refractivity contribution < 1.29 is 4.79 Å². The average molecular weight is 379 g/mol. The van der Waals surface area contributed by atoms with Crippen molar-refractivity contribution in [1.82, 2.24) is 25.2 Å². The third-order valence-electron chi connectivity index (χ3n) is 3.99. The fourth-order valence-electron chi connectivity index (χ4n) is 2.71. The summed E-state index contributed by atoms with van der Waals surface area (Å²) in [6.07, 6.45) is 3.05. The van der Waals surface area contributed by atoms with Gasteiger partial charge in [0.15, 0.2) is 11.5 Å². The molecule has 2 aromatic carbocycles. The summed E-state index contributed by atoms with van der Waals surface area (Å²) in [7, 11) is 0. The number of benzene rings is 2. The van der Waals surface area contributed by atoms with Gasteiger partial charge in [-0.25, -0.2) is 14.6 Å². The van der Waals surface area contributed by atoms with E-state index in [4.69, 9.17) is 11.6 Å². The van der Waals surface area contributed by atoms with Crippen molar-refractivity contribution in [3.8, 4) is 5.69 Å². The second-order valence-electron chi connectivity index (χ2n) is 5.94. The molecule has 4 rings (SSSR count). The molecule has 0 saturated carbocycles. The molecule has 0 radical (unpaired) electrons. The van der Waals surface area contributed by atoms with Gasteiger partial charge in [-0.2, -0.15) is 5.10 Å². The van der Waals surface area contributed by atoms with Gasteiger partial charge >= 0.3 is 0 Å². The number of hydrogen-bond acceptors (Lipinski definition) is 5. The Bertz CT molecular complexity index is 1140. The highest BCUT2D eigenvalue weighted by Gasteiger charge is 2.12. The number of aromatic nitrogens is 4. The third-order valence-corrected chi connectivity index (χ3v) is 4.23. The highest BCUT2D eigenvalue weighted by atomic mass is 35.5. The molecule has 8 heteroatoms. The molecule has 0 aliphatic carbocycles. The zero-order valence-corrected chi connectivity index (χ0v) is 15.1. The lowest BCUT2D eigenvalue weighted by Crippen LogP contribution is -2.29. The van der Waals surface area contributed by atoms with Gasteiger partial charge in [0.25, 0.3) is 5.91 Å². The van der Waals surface area contributed by atoms with Crippen molar-refractivity contribution in [3.63, 3.8) is 0 Å². The first-order valence-corrected chi connectivity index (χ1v) is 8.57. The Hall–Kier alpha value is -3.45. The topological polar surface area (TPSA) is 84.7 Å². The van der Waals surface area contributed by atoms with Gasteiger partial charge in [0.05, 0.1) is 17.3 Å². The lowest BCUT2D eigenvalue weighted by molar-refractivity contribution is 0.0962. The molecular formula is C19H15ClN6O. The van der Waals surface area contributed by atoms with Crippen LogP contribution in [0, 0.1) is 6.92 Å². The van der Waals surface area contributed by atoms with E-state index in [9.17, 15) is 4.79 Å². The van der Waals surface area contributed by atoms with Crippen molar-refractivity contribution in [3.05, 3.63) is 77.2 Å². The first-order valence-electron chi connectivity index (χ1n) is 8.19. The maximum atomic E-state index is 12.3. The van der Waals surface area contributed by atoms with Crippen molar-refractivity contribution in [1.29, 1.82) is 0 Å². The number of hydrogen-bond donors (Lipinski definition) is 2.